The lowest BCUT2D eigenvalue weighted by molar-refractivity contribution is -0.156. The molecule has 47 heavy (non-hydrogen) atoms. The lowest BCUT2D eigenvalue weighted by Crippen LogP contribution is -2.35. The molecule has 0 saturated carbocycles. The van der Waals surface area contributed by atoms with Crippen molar-refractivity contribution >= 4 is 17.8 Å². The number of halogens is 3. The molecule has 0 fully saturated rings. The molecule has 0 saturated heterocycles. The van der Waals surface area contributed by atoms with Gasteiger partial charge in [0.05, 0.1) is 5.56 Å². The minimum atomic E-state index is -4.51. The van der Waals surface area contributed by atoms with Crippen LogP contribution in [-0.2, 0) is 28.9 Å². The summed E-state index contributed by atoms with van der Waals surface area (Å²) in [6.45, 7) is 0.153. The molecule has 0 aliphatic carbocycles. The number of rotatable bonds is 10. The Labute approximate surface area is 270 Å². The number of carboxylic acids is 1. The van der Waals surface area contributed by atoms with E-state index in [9.17, 15) is 32.7 Å². The molecule has 5 aromatic carbocycles. The number of benzene rings is 5. The first-order valence-corrected chi connectivity index (χ1v) is 14.8. The second-order valence-electron chi connectivity index (χ2n) is 11.0. The van der Waals surface area contributed by atoms with Crippen molar-refractivity contribution < 1.29 is 32.7 Å². The van der Waals surface area contributed by atoms with Crippen LogP contribution >= 0.6 is 0 Å². The topological polar surface area (TPSA) is 86.7 Å². The molecule has 0 unspecified atom stereocenters. The summed E-state index contributed by atoms with van der Waals surface area (Å²) in [5.74, 6) is -3.08. The molecule has 238 valence electrons. The van der Waals surface area contributed by atoms with Crippen molar-refractivity contribution in [1.29, 1.82) is 0 Å². The third-order valence-electron chi connectivity index (χ3n) is 7.78. The Morgan fingerprint density at radius 3 is 1.70 bits per heavy atom. The number of carbonyl (C=O) groups is 3. The Morgan fingerprint density at radius 1 is 0.660 bits per heavy atom. The van der Waals surface area contributed by atoms with E-state index in [-0.39, 0.29) is 24.9 Å². The monoisotopic (exact) mass is 636 g/mol. The van der Waals surface area contributed by atoms with Crippen LogP contribution in [0.5, 0.6) is 0 Å². The van der Waals surface area contributed by atoms with Crippen molar-refractivity contribution in [2.45, 2.75) is 25.2 Å². The standard InChI is InChI=1S/C38H31F3N2O4/c39-38(40,41)33-20-16-27(17-21-33)25-43(36(45)37(46)47)24-26-14-18-28(19-15-26)31-12-7-13-32(22-31)35(44)42-23-34(29-8-3-1-4-9-29)30-10-5-2-6-11-30/h1-22,34H,23-25H2,(H,42,44)(H,46,47). The van der Waals surface area contributed by atoms with Crippen LogP contribution in [0.3, 0.4) is 0 Å². The van der Waals surface area contributed by atoms with E-state index in [2.05, 4.69) is 5.32 Å². The fourth-order valence-electron chi connectivity index (χ4n) is 5.31. The molecule has 0 atom stereocenters. The highest BCUT2D eigenvalue weighted by atomic mass is 19.4. The molecule has 0 bridgehead atoms. The van der Waals surface area contributed by atoms with E-state index in [0.717, 1.165) is 39.3 Å². The van der Waals surface area contributed by atoms with Gasteiger partial charge in [-0.2, -0.15) is 13.2 Å². The highest BCUT2D eigenvalue weighted by Crippen LogP contribution is 2.30. The minimum absolute atomic E-state index is 0.0242. The largest absolute Gasteiger partial charge is 0.474 e. The van der Waals surface area contributed by atoms with E-state index in [1.165, 1.54) is 12.1 Å². The van der Waals surface area contributed by atoms with E-state index in [4.69, 9.17) is 0 Å². The minimum Gasteiger partial charge on any atom is -0.474 e. The SMILES string of the molecule is O=C(O)C(=O)N(Cc1ccc(-c2cccc(C(=O)NCC(c3ccccc3)c3ccccc3)c2)cc1)Cc1ccc(C(F)(F)F)cc1. The molecule has 0 aliphatic heterocycles. The Bertz CT molecular complexity index is 1790. The maximum atomic E-state index is 13.3. The Morgan fingerprint density at radius 2 is 1.19 bits per heavy atom. The van der Waals surface area contributed by atoms with Gasteiger partial charge >= 0.3 is 18.1 Å². The van der Waals surface area contributed by atoms with Gasteiger partial charge in [0, 0.05) is 31.1 Å². The van der Waals surface area contributed by atoms with Crippen LogP contribution in [0.2, 0.25) is 0 Å². The highest BCUT2D eigenvalue weighted by molar-refractivity contribution is 6.31. The number of hydrogen-bond donors (Lipinski definition) is 2. The molecule has 2 N–H and O–H groups in total. The molecule has 0 aromatic heterocycles. The van der Waals surface area contributed by atoms with Crippen molar-refractivity contribution in [2.24, 2.45) is 0 Å². The molecule has 9 heteroatoms. The van der Waals surface area contributed by atoms with Gasteiger partial charge < -0.3 is 15.3 Å². The van der Waals surface area contributed by atoms with E-state index in [0.29, 0.717) is 23.2 Å². The molecule has 0 aliphatic rings. The first-order valence-electron chi connectivity index (χ1n) is 14.8. The number of alkyl halides is 3. The van der Waals surface area contributed by atoms with Gasteiger partial charge in [-0.3, -0.25) is 9.59 Å². The molecule has 0 heterocycles. The maximum absolute atomic E-state index is 13.3. The van der Waals surface area contributed by atoms with Gasteiger partial charge in [0.25, 0.3) is 5.91 Å². The fourth-order valence-corrected chi connectivity index (χ4v) is 5.31. The average Bonchev–Trinajstić information content (AvgIpc) is 3.09. The number of carbonyl (C=O) groups excluding carboxylic acids is 2. The quantitative estimate of drug-likeness (QED) is 0.155. The Balaban J connectivity index is 1.27. The van der Waals surface area contributed by atoms with Crippen molar-refractivity contribution in [2.75, 3.05) is 6.54 Å². The molecule has 0 radical (unpaired) electrons. The second-order valence-corrected chi connectivity index (χ2v) is 11.0. The summed E-state index contributed by atoms with van der Waals surface area (Å²) in [5, 5.41) is 12.4. The van der Waals surface area contributed by atoms with E-state index in [1.54, 1.807) is 42.5 Å². The lowest BCUT2D eigenvalue weighted by atomic mass is 9.91. The predicted octanol–water partition coefficient (Wildman–Crippen LogP) is 7.55. The van der Waals surface area contributed by atoms with Gasteiger partial charge in [-0.25, -0.2) is 4.79 Å². The van der Waals surface area contributed by atoms with Gasteiger partial charge in [-0.05, 0) is 57.6 Å². The summed E-state index contributed by atoms with van der Waals surface area (Å²) in [6.07, 6.45) is -4.51. The van der Waals surface area contributed by atoms with Crippen molar-refractivity contribution in [3.05, 3.63) is 167 Å². The van der Waals surface area contributed by atoms with Crippen LogP contribution in [0.15, 0.2) is 133 Å². The number of hydrogen-bond acceptors (Lipinski definition) is 3. The Hall–Kier alpha value is -5.70. The van der Waals surface area contributed by atoms with Gasteiger partial charge in [0.15, 0.2) is 0 Å². The third kappa shape index (κ3) is 8.52. The zero-order valence-electron chi connectivity index (χ0n) is 25.2. The zero-order chi connectivity index (χ0) is 33.4. The zero-order valence-corrected chi connectivity index (χ0v) is 25.2. The third-order valence-corrected chi connectivity index (χ3v) is 7.78. The van der Waals surface area contributed by atoms with Crippen LogP contribution in [0, 0.1) is 0 Å². The first-order chi connectivity index (χ1) is 22.6. The van der Waals surface area contributed by atoms with Crippen LogP contribution < -0.4 is 5.32 Å². The van der Waals surface area contributed by atoms with Crippen molar-refractivity contribution in [3.63, 3.8) is 0 Å². The summed E-state index contributed by atoms with van der Waals surface area (Å²) in [6, 6.07) is 38.5. The van der Waals surface area contributed by atoms with Crippen LogP contribution in [0.25, 0.3) is 11.1 Å². The first kappa shape index (κ1) is 32.7. The molecular weight excluding hydrogens is 605 g/mol. The van der Waals surface area contributed by atoms with Crippen LogP contribution in [-0.4, -0.2) is 34.3 Å². The lowest BCUT2D eigenvalue weighted by Gasteiger charge is -2.21. The number of carboxylic acid groups (broad SMARTS) is 1. The number of aliphatic carboxylic acids is 1. The molecule has 5 aromatic rings. The van der Waals surface area contributed by atoms with Crippen molar-refractivity contribution in [1.82, 2.24) is 10.2 Å². The number of nitrogens with zero attached hydrogens (tertiary/aromatic N) is 1. The van der Waals surface area contributed by atoms with Gasteiger partial charge in [0.2, 0.25) is 0 Å². The second kappa shape index (κ2) is 14.6. The number of amides is 2. The van der Waals surface area contributed by atoms with Crippen molar-refractivity contribution in [3.8, 4) is 11.1 Å². The van der Waals surface area contributed by atoms with E-state index in [1.807, 2.05) is 66.7 Å². The normalized spacial score (nSPS) is 11.2. The summed E-state index contributed by atoms with van der Waals surface area (Å²) in [7, 11) is 0. The highest BCUT2D eigenvalue weighted by Gasteiger charge is 2.30. The van der Waals surface area contributed by atoms with Crippen LogP contribution in [0.4, 0.5) is 13.2 Å². The number of nitrogens with one attached hydrogen (secondary N) is 1. The Kier molecular flexibility index (Phi) is 10.2. The molecule has 6 nitrogen and oxygen atoms in total. The fraction of sp³-hybridized carbons (Fsp3) is 0.132. The summed E-state index contributed by atoms with van der Waals surface area (Å²) in [5.41, 5.74) is 4.41. The van der Waals surface area contributed by atoms with E-state index >= 15 is 0 Å². The predicted molar refractivity (Wildman–Crippen MR) is 172 cm³/mol. The van der Waals surface area contributed by atoms with E-state index < -0.39 is 23.6 Å². The summed E-state index contributed by atoms with van der Waals surface area (Å²) in [4.78, 5) is 38.2. The van der Waals surface area contributed by atoms with Crippen LogP contribution in [0.1, 0.15) is 44.1 Å². The summed E-state index contributed by atoms with van der Waals surface area (Å²) < 4.78 is 38.8. The summed E-state index contributed by atoms with van der Waals surface area (Å²) >= 11 is 0. The molecule has 0 spiro atoms. The molecular formula is C38H31F3N2O4. The van der Waals surface area contributed by atoms with Gasteiger partial charge in [-0.1, -0.05) is 109 Å². The van der Waals surface area contributed by atoms with Gasteiger partial charge in [-0.15, -0.1) is 0 Å². The molecule has 5 rings (SSSR count). The smallest absolute Gasteiger partial charge is 0.416 e. The maximum Gasteiger partial charge on any atom is 0.416 e. The molecule has 2 amide bonds. The van der Waals surface area contributed by atoms with Gasteiger partial charge in [0.1, 0.15) is 0 Å². The average molecular weight is 637 g/mol.